The highest BCUT2D eigenvalue weighted by Gasteiger charge is 2.23. The molecule has 1 aromatic heterocycles. The minimum atomic E-state index is -0.454. The number of thiazole rings is 1. The first-order valence-corrected chi connectivity index (χ1v) is 12.4. The van der Waals surface area contributed by atoms with Crippen molar-refractivity contribution in [3.63, 3.8) is 0 Å². The predicted molar refractivity (Wildman–Crippen MR) is 134 cm³/mol. The van der Waals surface area contributed by atoms with E-state index in [1.165, 1.54) is 11.3 Å². The number of nitrogens with one attached hydrogen (secondary N) is 2. The van der Waals surface area contributed by atoms with E-state index in [9.17, 15) is 9.59 Å². The van der Waals surface area contributed by atoms with Crippen molar-refractivity contribution < 1.29 is 14.3 Å². The van der Waals surface area contributed by atoms with Gasteiger partial charge in [0.1, 0.15) is 0 Å². The molecule has 1 saturated heterocycles. The Bertz CT molecular complexity index is 1080. The fourth-order valence-electron chi connectivity index (χ4n) is 4.20. The average Bonchev–Trinajstić information content (AvgIpc) is 3.25. The minimum absolute atomic E-state index is 0.107. The van der Waals surface area contributed by atoms with Crippen molar-refractivity contribution in [3.8, 4) is 0 Å². The van der Waals surface area contributed by atoms with Crippen LogP contribution in [0.2, 0.25) is 0 Å². The Morgan fingerprint density at radius 3 is 2.38 bits per heavy atom. The lowest BCUT2D eigenvalue weighted by molar-refractivity contribution is -0.116. The molecule has 4 rings (SSSR count). The summed E-state index contributed by atoms with van der Waals surface area (Å²) < 4.78 is 5.79. The standard InChI is InChI=1S/C26H30N4O3S/c1-18-14-30(15-19(2)33-18)16-22-17-34-26(27-22)29-24(31)13-23(20-9-5-3-6-10-20)28-25(32)21-11-7-4-8-12-21/h3-12,17-19,23H,13-16H2,1-2H3,(H,28,32)(H,27,29,31). The summed E-state index contributed by atoms with van der Waals surface area (Å²) in [6, 6.07) is 18.1. The van der Waals surface area contributed by atoms with Crippen LogP contribution in [0.3, 0.4) is 0 Å². The molecule has 0 radical (unpaired) electrons. The molecular formula is C26H30N4O3S. The maximum Gasteiger partial charge on any atom is 0.251 e. The van der Waals surface area contributed by atoms with Gasteiger partial charge in [0, 0.05) is 30.6 Å². The maximum atomic E-state index is 12.9. The lowest BCUT2D eigenvalue weighted by Crippen LogP contribution is -2.44. The second kappa shape index (κ2) is 11.4. The Morgan fingerprint density at radius 1 is 1.06 bits per heavy atom. The minimum Gasteiger partial charge on any atom is -0.373 e. The van der Waals surface area contributed by atoms with Gasteiger partial charge in [-0.2, -0.15) is 0 Å². The van der Waals surface area contributed by atoms with Gasteiger partial charge < -0.3 is 15.4 Å². The van der Waals surface area contributed by atoms with E-state index in [1.54, 1.807) is 12.1 Å². The van der Waals surface area contributed by atoms with Gasteiger partial charge in [0.25, 0.3) is 5.91 Å². The molecule has 0 saturated carbocycles. The SMILES string of the molecule is CC1CN(Cc2csc(NC(=O)CC(NC(=O)c3ccccc3)c3ccccc3)n2)CC(C)O1. The number of ether oxygens (including phenoxy) is 1. The molecule has 2 aromatic carbocycles. The molecule has 3 unspecified atom stereocenters. The molecule has 1 aliphatic heterocycles. The number of hydrogen-bond acceptors (Lipinski definition) is 6. The third-order valence-electron chi connectivity index (χ3n) is 5.61. The molecule has 3 atom stereocenters. The van der Waals surface area contributed by atoms with Crippen LogP contribution in [-0.2, 0) is 16.1 Å². The lowest BCUT2D eigenvalue weighted by Gasteiger charge is -2.34. The van der Waals surface area contributed by atoms with Crippen LogP contribution in [0.15, 0.2) is 66.0 Å². The smallest absolute Gasteiger partial charge is 0.251 e. The fraction of sp³-hybridized carbons (Fsp3) is 0.346. The summed E-state index contributed by atoms with van der Waals surface area (Å²) in [5.74, 6) is -0.413. The molecule has 178 valence electrons. The number of rotatable bonds is 8. The molecule has 2 heterocycles. The highest BCUT2D eigenvalue weighted by molar-refractivity contribution is 7.13. The van der Waals surface area contributed by atoms with Crippen LogP contribution in [0.1, 0.15) is 47.9 Å². The zero-order valence-corrected chi connectivity index (χ0v) is 20.3. The van der Waals surface area contributed by atoms with E-state index in [-0.39, 0.29) is 30.4 Å². The number of nitrogens with zero attached hydrogens (tertiary/aromatic N) is 2. The number of benzene rings is 2. The van der Waals surface area contributed by atoms with Crippen molar-refractivity contribution >= 4 is 28.3 Å². The van der Waals surface area contributed by atoms with E-state index in [0.717, 1.165) is 30.9 Å². The van der Waals surface area contributed by atoms with Crippen LogP contribution in [-0.4, -0.2) is 47.0 Å². The van der Waals surface area contributed by atoms with Gasteiger partial charge in [0.15, 0.2) is 5.13 Å². The van der Waals surface area contributed by atoms with E-state index in [4.69, 9.17) is 4.74 Å². The molecular weight excluding hydrogens is 448 g/mol. The van der Waals surface area contributed by atoms with Gasteiger partial charge in [-0.1, -0.05) is 48.5 Å². The Morgan fingerprint density at radius 2 is 1.71 bits per heavy atom. The van der Waals surface area contributed by atoms with Crippen molar-refractivity contribution in [2.24, 2.45) is 0 Å². The number of hydrogen-bond donors (Lipinski definition) is 2. The summed E-state index contributed by atoms with van der Waals surface area (Å²) >= 11 is 1.41. The fourth-order valence-corrected chi connectivity index (χ4v) is 4.92. The van der Waals surface area contributed by atoms with E-state index in [0.29, 0.717) is 10.7 Å². The maximum absolute atomic E-state index is 12.9. The average molecular weight is 479 g/mol. The van der Waals surface area contributed by atoms with Crippen molar-refractivity contribution in [1.29, 1.82) is 0 Å². The zero-order valence-electron chi connectivity index (χ0n) is 19.4. The van der Waals surface area contributed by atoms with Crippen LogP contribution in [0.5, 0.6) is 0 Å². The highest BCUT2D eigenvalue weighted by Crippen LogP contribution is 2.22. The Hall–Kier alpha value is -3.07. The molecule has 8 heteroatoms. The summed E-state index contributed by atoms with van der Waals surface area (Å²) in [7, 11) is 0. The molecule has 0 aliphatic carbocycles. The second-order valence-corrected chi connectivity index (χ2v) is 9.51. The molecule has 2 N–H and O–H groups in total. The molecule has 34 heavy (non-hydrogen) atoms. The summed E-state index contributed by atoms with van der Waals surface area (Å²) in [5.41, 5.74) is 2.36. The van der Waals surface area contributed by atoms with Gasteiger partial charge in [-0.05, 0) is 31.5 Å². The molecule has 1 aliphatic rings. The van der Waals surface area contributed by atoms with E-state index >= 15 is 0 Å². The Labute approximate surface area is 204 Å². The summed E-state index contributed by atoms with van der Waals surface area (Å²) in [4.78, 5) is 32.5. The van der Waals surface area contributed by atoms with E-state index in [2.05, 4.69) is 34.4 Å². The van der Waals surface area contributed by atoms with E-state index in [1.807, 2.05) is 53.9 Å². The number of carbonyl (C=O) groups excluding carboxylic acids is 2. The Kier molecular flexibility index (Phi) is 8.05. The summed E-state index contributed by atoms with van der Waals surface area (Å²) in [6.45, 7) is 6.61. The van der Waals surface area contributed by atoms with Crippen molar-refractivity contribution in [2.75, 3.05) is 18.4 Å². The molecule has 2 amide bonds. The van der Waals surface area contributed by atoms with Gasteiger partial charge in [0.05, 0.1) is 30.4 Å². The molecule has 0 bridgehead atoms. The zero-order chi connectivity index (χ0) is 23.9. The first-order valence-electron chi connectivity index (χ1n) is 11.5. The van der Waals surface area contributed by atoms with Crippen molar-refractivity contribution in [2.45, 2.75) is 45.1 Å². The van der Waals surface area contributed by atoms with Crippen LogP contribution < -0.4 is 10.6 Å². The monoisotopic (exact) mass is 478 g/mol. The van der Waals surface area contributed by atoms with E-state index < -0.39 is 6.04 Å². The first kappa shape index (κ1) is 24.1. The molecule has 3 aromatic rings. The lowest BCUT2D eigenvalue weighted by atomic mass is 10.0. The van der Waals surface area contributed by atoms with Crippen LogP contribution in [0, 0.1) is 0 Å². The van der Waals surface area contributed by atoms with Gasteiger partial charge >= 0.3 is 0 Å². The molecule has 1 fully saturated rings. The normalized spacial score (nSPS) is 19.4. The van der Waals surface area contributed by atoms with Gasteiger partial charge in [0.2, 0.25) is 5.91 Å². The molecule has 7 nitrogen and oxygen atoms in total. The topological polar surface area (TPSA) is 83.6 Å². The molecule has 0 spiro atoms. The summed E-state index contributed by atoms with van der Waals surface area (Å²) in [5, 5.41) is 8.45. The number of aromatic nitrogens is 1. The number of anilines is 1. The highest BCUT2D eigenvalue weighted by atomic mass is 32.1. The third-order valence-corrected chi connectivity index (χ3v) is 6.42. The van der Waals surface area contributed by atoms with Crippen molar-refractivity contribution in [3.05, 3.63) is 82.9 Å². The van der Waals surface area contributed by atoms with Crippen molar-refractivity contribution in [1.82, 2.24) is 15.2 Å². The number of morpholine rings is 1. The predicted octanol–water partition coefficient (Wildman–Crippen LogP) is 4.25. The summed E-state index contributed by atoms with van der Waals surface area (Å²) in [6.07, 6.45) is 0.501. The van der Waals surface area contributed by atoms with Crippen LogP contribution >= 0.6 is 11.3 Å². The second-order valence-electron chi connectivity index (χ2n) is 8.65. The van der Waals surface area contributed by atoms with Gasteiger partial charge in [-0.25, -0.2) is 4.98 Å². The van der Waals surface area contributed by atoms with Gasteiger partial charge in [-0.15, -0.1) is 11.3 Å². The first-order chi connectivity index (χ1) is 16.5. The largest absolute Gasteiger partial charge is 0.373 e. The number of amides is 2. The van der Waals surface area contributed by atoms with Gasteiger partial charge in [-0.3, -0.25) is 14.5 Å². The number of carbonyl (C=O) groups is 2. The van der Waals surface area contributed by atoms with Crippen LogP contribution in [0.25, 0.3) is 0 Å². The quantitative estimate of drug-likeness (QED) is 0.506. The Balaban J connectivity index is 1.38. The van der Waals surface area contributed by atoms with Crippen LogP contribution in [0.4, 0.5) is 5.13 Å². The third kappa shape index (κ3) is 6.72.